The molecule has 0 atom stereocenters. The van der Waals surface area contributed by atoms with Crippen molar-refractivity contribution in [3.63, 3.8) is 0 Å². The van der Waals surface area contributed by atoms with Gasteiger partial charge in [-0.3, -0.25) is 0 Å². The zero-order chi connectivity index (χ0) is 13.0. The Balaban J connectivity index is 2.19. The molecule has 1 heterocycles. The molecular weight excluding hydrogens is 262 g/mol. The average Bonchev–Trinajstić information content (AvgIpc) is 2.73. The maximum Gasteiger partial charge on any atom is 0.110 e. The average molecular weight is 279 g/mol. The standard InChI is InChI=1S/C14H17NOS2/c1-3-4-7-17-9-13(16)11-5-6-12-14(8-11)18-10(2)15-12/h5-6,8,16H,2-4,7,9H2,1H3. The van der Waals surface area contributed by atoms with Gasteiger partial charge >= 0.3 is 0 Å². The molecule has 0 aliphatic carbocycles. The molecular formula is C14H17NOS2. The van der Waals surface area contributed by atoms with Crippen molar-refractivity contribution in [1.29, 1.82) is 0 Å². The Morgan fingerprint density at radius 1 is 1.50 bits per heavy atom. The van der Waals surface area contributed by atoms with Crippen molar-refractivity contribution in [2.45, 2.75) is 19.8 Å². The molecule has 0 saturated heterocycles. The van der Waals surface area contributed by atoms with Crippen LogP contribution in [0, 0.1) is 0 Å². The van der Waals surface area contributed by atoms with Crippen molar-refractivity contribution < 1.29 is 5.11 Å². The van der Waals surface area contributed by atoms with E-state index in [2.05, 4.69) is 18.5 Å². The molecule has 4 heteroatoms. The van der Waals surface area contributed by atoms with Gasteiger partial charge in [-0.15, -0.1) is 11.3 Å². The van der Waals surface area contributed by atoms with Gasteiger partial charge in [0.25, 0.3) is 0 Å². The van der Waals surface area contributed by atoms with E-state index in [9.17, 15) is 5.11 Å². The highest BCUT2D eigenvalue weighted by Crippen LogP contribution is 2.12. The number of thiazole rings is 1. The molecule has 0 aliphatic heterocycles. The van der Waals surface area contributed by atoms with E-state index in [0.717, 1.165) is 25.9 Å². The molecule has 0 fully saturated rings. The third kappa shape index (κ3) is 3.27. The number of aliphatic hydroxyl groups excluding tert-OH is 1. The molecule has 0 unspecified atom stereocenters. The molecule has 2 nitrogen and oxygen atoms in total. The van der Waals surface area contributed by atoms with Crippen molar-refractivity contribution in [2.75, 3.05) is 11.5 Å². The lowest BCUT2D eigenvalue weighted by atomic mass is 10.2. The first-order chi connectivity index (χ1) is 8.70. The SMILES string of the molecule is C=c1nc2ccc(=C(O)CSCCCC)cc2s1. The van der Waals surface area contributed by atoms with Gasteiger partial charge in [0.05, 0.1) is 16.0 Å². The number of nitrogens with zero attached hydrogens (tertiary/aromatic N) is 1. The monoisotopic (exact) mass is 279 g/mol. The number of thioether (sulfide) groups is 1. The minimum atomic E-state index is 0.456. The Kier molecular flexibility index (Phi) is 4.66. The highest BCUT2D eigenvalue weighted by Gasteiger charge is 2.00. The van der Waals surface area contributed by atoms with E-state index in [1.54, 1.807) is 23.1 Å². The summed E-state index contributed by atoms with van der Waals surface area (Å²) in [6.45, 7) is 6.02. The molecule has 96 valence electrons. The Hall–Kier alpha value is -1.00. The zero-order valence-electron chi connectivity index (χ0n) is 10.5. The van der Waals surface area contributed by atoms with Crippen LogP contribution in [0.15, 0.2) is 18.2 Å². The van der Waals surface area contributed by atoms with E-state index in [4.69, 9.17) is 0 Å². The minimum Gasteiger partial charge on any atom is -0.511 e. The quantitative estimate of drug-likeness (QED) is 0.854. The van der Waals surface area contributed by atoms with Gasteiger partial charge in [-0.25, -0.2) is 4.98 Å². The summed E-state index contributed by atoms with van der Waals surface area (Å²) in [6, 6.07) is 5.87. The van der Waals surface area contributed by atoms with E-state index in [1.807, 2.05) is 18.2 Å². The Bertz CT molecular complexity index is 633. The summed E-state index contributed by atoms with van der Waals surface area (Å²) in [5.41, 5.74) is 0.959. The number of aromatic nitrogens is 1. The molecule has 0 bridgehead atoms. The first kappa shape index (κ1) is 13.4. The number of hydrogen-bond donors (Lipinski definition) is 1. The molecule has 1 aromatic heterocycles. The number of fused-ring (bicyclic) bond motifs is 1. The predicted octanol–water partition coefficient (Wildman–Crippen LogP) is 2.91. The van der Waals surface area contributed by atoms with E-state index < -0.39 is 0 Å². The molecule has 18 heavy (non-hydrogen) atoms. The summed E-state index contributed by atoms with van der Waals surface area (Å²) in [4.78, 5) is 4.31. The van der Waals surface area contributed by atoms with Crippen LogP contribution in [0.1, 0.15) is 19.8 Å². The molecule has 2 rings (SSSR count). The zero-order valence-corrected chi connectivity index (χ0v) is 12.1. The smallest absolute Gasteiger partial charge is 0.110 e. The van der Waals surface area contributed by atoms with Gasteiger partial charge in [0.15, 0.2) is 0 Å². The maximum atomic E-state index is 10.1. The maximum absolute atomic E-state index is 10.1. The molecule has 1 N–H and O–H groups in total. The molecule has 0 amide bonds. The lowest BCUT2D eigenvalue weighted by Crippen LogP contribution is -2.06. The fourth-order valence-electron chi connectivity index (χ4n) is 1.65. The van der Waals surface area contributed by atoms with Crippen molar-refractivity contribution in [3.8, 4) is 0 Å². The van der Waals surface area contributed by atoms with Gasteiger partial charge in [-0.05, 0) is 30.4 Å². The summed E-state index contributed by atoms with van der Waals surface area (Å²) >= 11 is 3.34. The summed E-state index contributed by atoms with van der Waals surface area (Å²) in [5, 5.41) is 10.9. The summed E-state index contributed by atoms with van der Waals surface area (Å²) in [6.07, 6.45) is 2.41. The van der Waals surface area contributed by atoms with Crippen LogP contribution in [0.2, 0.25) is 0 Å². The van der Waals surface area contributed by atoms with Crippen LogP contribution in [0.3, 0.4) is 0 Å². The van der Waals surface area contributed by atoms with Crippen molar-refractivity contribution in [3.05, 3.63) is 28.1 Å². The second-order valence-electron chi connectivity index (χ2n) is 4.14. The summed E-state index contributed by atoms with van der Waals surface area (Å²) in [7, 11) is 0. The van der Waals surface area contributed by atoms with Crippen molar-refractivity contribution in [2.24, 2.45) is 0 Å². The van der Waals surface area contributed by atoms with Crippen LogP contribution in [0.5, 0.6) is 0 Å². The molecule has 0 saturated carbocycles. The number of rotatable bonds is 5. The number of hydrogen-bond acceptors (Lipinski definition) is 4. The van der Waals surface area contributed by atoms with Crippen LogP contribution in [-0.4, -0.2) is 21.6 Å². The van der Waals surface area contributed by atoms with Crippen LogP contribution in [0.4, 0.5) is 0 Å². The van der Waals surface area contributed by atoms with Gasteiger partial charge in [0.1, 0.15) is 10.4 Å². The van der Waals surface area contributed by atoms with Crippen LogP contribution in [0.25, 0.3) is 22.6 Å². The van der Waals surface area contributed by atoms with Gasteiger partial charge in [-0.2, -0.15) is 11.8 Å². The first-order valence-corrected chi connectivity index (χ1v) is 8.03. The second-order valence-corrected chi connectivity index (χ2v) is 6.36. The van der Waals surface area contributed by atoms with Crippen LogP contribution < -0.4 is 9.88 Å². The predicted molar refractivity (Wildman–Crippen MR) is 82.7 cm³/mol. The lowest BCUT2D eigenvalue weighted by Gasteiger charge is -2.00. The number of benzene rings is 1. The molecule has 0 aliphatic rings. The fourth-order valence-corrected chi connectivity index (χ4v) is 3.45. The van der Waals surface area contributed by atoms with Crippen LogP contribution >= 0.6 is 23.1 Å². The summed E-state index contributed by atoms with van der Waals surface area (Å²) < 4.78 is 1.90. The van der Waals surface area contributed by atoms with Gasteiger partial charge < -0.3 is 5.11 Å². The second kappa shape index (κ2) is 6.25. The highest BCUT2D eigenvalue weighted by atomic mass is 32.2. The highest BCUT2D eigenvalue weighted by molar-refractivity contribution is 7.99. The largest absolute Gasteiger partial charge is 0.511 e. The van der Waals surface area contributed by atoms with E-state index >= 15 is 0 Å². The van der Waals surface area contributed by atoms with E-state index in [0.29, 0.717) is 11.5 Å². The van der Waals surface area contributed by atoms with Gasteiger partial charge in [0, 0.05) is 5.22 Å². The van der Waals surface area contributed by atoms with Crippen molar-refractivity contribution in [1.82, 2.24) is 4.98 Å². The number of unbranched alkanes of at least 4 members (excludes halogenated alkanes) is 1. The number of aliphatic hydroxyl groups is 1. The van der Waals surface area contributed by atoms with E-state index in [-0.39, 0.29) is 0 Å². The first-order valence-electron chi connectivity index (χ1n) is 6.06. The Labute approximate surface area is 115 Å². The Morgan fingerprint density at radius 3 is 3.11 bits per heavy atom. The fraction of sp³-hybridized carbons (Fsp3) is 0.357. The minimum absolute atomic E-state index is 0.456. The normalized spacial score (nSPS) is 12.9. The van der Waals surface area contributed by atoms with Gasteiger partial charge in [0.2, 0.25) is 0 Å². The molecule has 0 spiro atoms. The summed E-state index contributed by atoms with van der Waals surface area (Å²) in [5.74, 6) is 2.24. The third-order valence-electron chi connectivity index (χ3n) is 2.65. The lowest BCUT2D eigenvalue weighted by molar-refractivity contribution is 0.501. The molecule has 2 aromatic rings. The Morgan fingerprint density at radius 2 is 2.33 bits per heavy atom. The molecule has 1 aromatic carbocycles. The molecule has 0 radical (unpaired) electrons. The van der Waals surface area contributed by atoms with E-state index in [1.165, 1.54) is 12.8 Å². The topological polar surface area (TPSA) is 33.1 Å². The van der Waals surface area contributed by atoms with Crippen LogP contribution in [-0.2, 0) is 0 Å². The third-order valence-corrected chi connectivity index (χ3v) is 4.58. The van der Waals surface area contributed by atoms with Gasteiger partial charge in [-0.1, -0.05) is 19.9 Å². The van der Waals surface area contributed by atoms with Crippen molar-refractivity contribution >= 4 is 45.7 Å².